The van der Waals surface area contributed by atoms with E-state index in [2.05, 4.69) is 21.0 Å². The molecule has 0 N–H and O–H groups in total. The second-order valence-electron chi connectivity index (χ2n) is 4.44. The minimum atomic E-state index is -0.535. The molecule has 5 heteroatoms. The van der Waals surface area contributed by atoms with Crippen molar-refractivity contribution in [2.24, 2.45) is 0 Å². The van der Waals surface area contributed by atoms with Gasteiger partial charge in [-0.15, -0.1) is 0 Å². The van der Waals surface area contributed by atoms with E-state index in [1.165, 1.54) is 0 Å². The molecule has 0 unspecified atom stereocenters. The Hall–Kier alpha value is -1.91. The van der Waals surface area contributed by atoms with Crippen LogP contribution in [0.5, 0.6) is 0 Å². The zero-order valence-electron chi connectivity index (χ0n) is 10.8. The molecule has 2 aromatic carbocycles. The molecule has 0 aliphatic heterocycles. The summed E-state index contributed by atoms with van der Waals surface area (Å²) in [5.41, 5.74) is 2.78. The van der Waals surface area contributed by atoms with Gasteiger partial charge < -0.3 is 0 Å². The van der Waals surface area contributed by atoms with Crippen LogP contribution in [0.3, 0.4) is 0 Å². The monoisotopic (exact) mass is 360 g/mol. The van der Waals surface area contributed by atoms with Gasteiger partial charge in [0.2, 0.25) is 0 Å². The van der Waals surface area contributed by atoms with Crippen molar-refractivity contribution in [1.82, 2.24) is 9.78 Å². The van der Waals surface area contributed by atoms with Gasteiger partial charge in [-0.25, -0.2) is 4.68 Å². The van der Waals surface area contributed by atoms with Crippen LogP contribution in [0, 0.1) is 0 Å². The van der Waals surface area contributed by atoms with Crippen LogP contribution in [0.25, 0.3) is 16.9 Å². The maximum atomic E-state index is 11.6. The van der Waals surface area contributed by atoms with E-state index in [0.717, 1.165) is 15.7 Å². The average Bonchev–Trinajstić information content (AvgIpc) is 2.94. The molecule has 3 rings (SSSR count). The lowest BCUT2D eigenvalue weighted by Gasteiger charge is -2.04. The van der Waals surface area contributed by atoms with E-state index in [1.54, 1.807) is 10.7 Å². The van der Waals surface area contributed by atoms with Crippen molar-refractivity contribution in [3.8, 4) is 16.9 Å². The molecule has 0 amide bonds. The Bertz CT molecular complexity index is 782. The van der Waals surface area contributed by atoms with E-state index >= 15 is 0 Å². The summed E-state index contributed by atoms with van der Waals surface area (Å²) in [6, 6.07) is 18.9. The predicted octanol–water partition coefficient (Wildman–Crippen LogP) is 4.68. The Balaban J connectivity index is 2.14. The zero-order valence-corrected chi connectivity index (χ0v) is 13.2. The van der Waals surface area contributed by atoms with Crippen molar-refractivity contribution in [3.05, 3.63) is 70.8 Å². The van der Waals surface area contributed by atoms with Gasteiger partial charge in [-0.2, -0.15) is 5.10 Å². The first-order chi connectivity index (χ1) is 10.1. The van der Waals surface area contributed by atoms with E-state index in [9.17, 15) is 4.79 Å². The fraction of sp³-hybridized carbons (Fsp3) is 0. The van der Waals surface area contributed by atoms with E-state index in [-0.39, 0.29) is 0 Å². The summed E-state index contributed by atoms with van der Waals surface area (Å²) in [6.07, 6.45) is 0. The minimum absolute atomic E-state index is 0.345. The Labute approximate surface area is 135 Å². The largest absolute Gasteiger partial charge is 0.274 e. The van der Waals surface area contributed by atoms with Crippen LogP contribution in [-0.2, 0) is 0 Å². The van der Waals surface area contributed by atoms with Gasteiger partial charge in [0, 0.05) is 10.0 Å². The van der Waals surface area contributed by atoms with Crippen molar-refractivity contribution < 1.29 is 4.79 Å². The van der Waals surface area contributed by atoms with Crippen molar-refractivity contribution in [1.29, 1.82) is 0 Å². The number of carbonyl (C=O) groups is 1. The molecule has 0 fully saturated rings. The number of nitrogens with zero attached hydrogens (tertiary/aromatic N) is 2. The molecule has 21 heavy (non-hydrogen) atoms. The Morgan fingerprint density at radius 2 is 1.71 bits per heavy atom. The van der Waals surface area contributed by atoms with E-state index in [4.69, 9.17) is 11.6 Å². The molecule has 0 spiro atoms. The van der Waals surface area contributed by atoms with Crippen molar-refractivity contribution in [3.63, 3.8) is 0 Å². The third kappa shape index (κ3) is 2.91. The maximum absolute atomic E-state index is 11.6. The van der Waals surface area contributed by atoms with Gasteiger partial charge in [0.25, 0.3) is 5.24 Å². The van der Waals surface area contributed by atoms with Gasteiger partial charge in [-0.05, 0) is 41.9 Å². The maximum Gasteiger partial charge on any atom is 0.270 e. The summed E-state index contributed by atoms with van der Waals surface area (Å²) in [7, 11) is 0. The lowest BCUT2D eigenvalue weighted by Crippen LogP contribution is -2.04. The van der Waals surface area contributed by atoms with Crippen molar-refractivity contribution >= 4 is 32.8 Å². The average molecular weight is 362 g/mol. The molecule has 3 aromatic rings. The number of benzene rings is 2. The van der Waals surface area contributed by atoms with Crippen molar-refractivity contribution in [2.45, 2.75) is 0 Å². The molecule has 0 aliphatic carbocycles. The second kappa shape index (κ2) is 5.84. The number of hydrogen-bond donors (Lipinski definition) is 0. The van der Waals surface area contributed by atoms with Crippen LogP contribution in [0.15, 0.2) is 65.1 Å². The molecule has 0 atom stereocenters. The first-order valence-corrected chi connectivity index (χ1v) is 7.43. The third-order valence-corrected chi connectivity index (χ3v) is 3.77. The van der Waals surface area contributed by atoms with Crippen LogP contribution in [0.4, 0.5) is 0 Å². The van der Waals surface area contributed by atoms with Crippen LogP contribution >= 0.6 is 27.5 Å². The summed E-state index contributed by atoms with van der Waals surface area (Å²) in [5, 5.41) is 3.96. The van der Waals surface area contributed by atoms with Crippen LogP contribution in [-0.4, -0.2) is 15.0 Å². The first-order valence-electron chi connectivity index (χ1n) is 6.26. The molecule has 1 heterocycles. The number of hydrogen-bond acceptors (Lipinski definition) is 2. The van der Waals surface area contributed by atoms with Gasteiger partial charge in [0.15, 0.2) is 0 Å². The normalized spacial score (nSPS) is 10.6. The highest BCUT2D eigenvalue weighted by molar-refractivity contribution is 9.10. The highest BCUT2D eigenvalue weighted by atomic mass is 79.9. The fourth-order valence-corrected chi connectivity index (χ4v) is 2.45. The molecule has 0 aliphatic rings. The standard InChI is InChI=1S/C16H10BrClN2O/c17-12-6-8-13(9-7-12)20-15(16(18)21)10-14(19-20)11-4-2-1-3-5-11/h1-10H. The predicted molar refractivity (Wildman–Crippen MR) is 86.9 cm³/mol. The Kier molecular flexibility index (Phi) is 3.90. The molecule has 1 aromatic heterocycles. The SMILES string of the molecule is O=C(Cl)c1cc(-c2ccccc2)nn1-c1ccc(Br)cc1. The van der Waals surface area contributed by atoms with E-state index < -0.39 is 5.24 Å². The molecular weight excluding hydrogens is 352 g/mol. The molecule has 0 saturated heterocycles. The summed E-state index contributed by atoms with van der Waals surface area (Å²) in [6.45, 7) is 0. The molecule has 0 bridgehead atoms. The number of aromatic nitrogens is 2. The van der Waals surface area contributed by atoms with Crippen molar-refractivity contribution in [2.75, 3.05) is 0 Å². The lowest BCUT2D eigenvalue weighted by atomic mass is 10.1. The van der Waals surface area contributed by atoms with Gasteiger partial charge in [-0.3, -0.25) is 4.79 Å². The summed E-state index contributed by atoms with van der Waals surface area (Å²) in [5.74, 6) is 0. The van der Waals surface area contributed by atoms with E-state index in [0.29, 0.717) is 11.4 Å². The quantitative estimate of drug-likeness (QED) is 0.635. The van der Waals surface area contributed by atoms with Gasteiger partial charge >= 0.3 is 0 Å². The Morgan fingerprint density at radius 1 is 1.05 bits per heavy atom. The highest BCUT2D eigenvalue weighted by Crippen LogP contribution is 2.23. The molecule has 0 saturated carbocycles. The fourth-order valence-electron chi connectivity index (χ4n) is 2.05. The topological polar surface area (TPSA) is 34.9 Å². The zero-order chi connectivity index (χ0) is 14.8. The number of halogens is 2. The molecule has 3 nitrogen and oxygen atoms in total. The first kappa shape index (κ1) is 14.0. The summed E-state index contributed by atoms with van der Waals surface area (Å²) in [4.78, 5) is 11.6. The Morgan fingerprint density at radius 3 is 2.33 bits per heavy atom. The van der Waals surface area contributed by atoms with Crippen LogP contribution in [0.1, 0.15) is 10.5 Å². The van der Waals surface area contributed by atoms with E-state index in [1.807, 2.05) is 54.6 Å². The lowest BCUT2D eigenvalue weighted by molar-refractivity contribution is 0.107. The molecular formula is C16H10BrClN2O. The van der Waals surface area contributed by atoms with Crippen LogP contribution < -0.4 is 0 Å². The van der Waals surface area contributed by atoms with Crippen LogP contribution in [0.2, 0.25) is 0 Å². The molecule has 0 radical (unpaired) electrons. The molecule has 104 valence electrons. The summed E-state index contributed by atoms with van der Waals surface area (Å²) < 4.78 is 2.52. The van der Waals surface area contributed by atoms with Gasteiger partial charge in [0.1, 0.15) is 5.69 Å². The smallest absolute Gasteiger partial charge is 0.270 e. The minimum Gasteiger partial charge on any atom is -0.274 e. The van der Waals surface area contributed by atoms with Gasteiger partial charge in [-0.1, -0.05) is 46.3 Å². The number of carbonyl (C=O) groups excluding carboxylic acids is 1. The summed E-state index contributed by atoms with van der Waals surface area (Å²) >= 11 is 9.07. The van der Waals surface area contributed by atoms with Gasteiger partial charge in [0.05, 0.1) is 11.4 Å². The second-order valence-corrected chi connectivity index (χ2v) is 5.70. The third-order valence-electron chi connectivity index (χ3n) is 3.05. The number of rotatable bonds is 3. The highest BCUT2D eigenvalue weighted by Gasteiger charge is 2.15.